The van der Waals surface area contributed by atoms with Crippen molar-refractivity contribution < 1.29 is 24.5 Å². The number of aliphatic hydroxyl groups is 2. The lowest BCUT2D eigenvalue weighted by atomic mass is 9.90. The van der Waals surface area contributed by atoms with Crippen LogP contribution in [0.25, 0.3) is 11.1 Å². The number of rotatable bonds is 9. The van der Waals surface area contributed by atoms with Gasteiger partial charge >= 0.3 is 5.97 Å². The first kappa shape index (κ1) is 26.8. The number of esters is 1. The molecule has 5 heteroatoms. The van der Waals surface area contributed by atoms with Crippen molar-refractivity contribution in [3.8, 4) is 0 Å². The van der Waals surface area contributed by atoms with E-state index in [1.807, 2.05) is 0 Å². The predicted octanol–water partition coefficient (Wildman–Crippen LogP) is 5.77. The molecule has 3 rings (SSSR count). The minimum Gasteiger partial charge on any atom is -0.447 e. The van der Waals surface area contributed by atoms with E-state index in [2.05, 4.69) is 13.2 Å². The van der Waals surface area contributed by atoms with Gasteiger partial charge in [0, 0.05) is 5.56 Å². The van der Waals surface area contributed by atoms with Crippen molar-refractivity contribution in [3.63, 3.8) is 0 Å². The fourth-order valence-corrected chi connectivity index (χ4v) is 3.62. The molecular weight excluding hydrogens is 452 g/mol. The second kappa shape index (κ2) is 10.4. The Bertz CT molecular complexity index is 1190. The highest BCUT2D eigenvalue weighted by molar-refractivity contribution is 6.40. The van der Waals surface area contributed by atoms with Gasteiger partial charge in [-0.3, -0.25) is 4.79 Å². The Morgan fingerprint density at radius 1 is 0.667 bits per heavy atom. The molecule has 0 spiro atoms. The predicted molar refractivity (Wildman–Crippen MR) is 142 cm³/mol. The quantitative estimate of drug-likeness (QED) is 0.229. The van der Waals surface area contributed by atoms with E-state index in [-0.39, 0.29) is 5.56 Å². The van der Waals surface area contributed by atoms with Gasteiger partial charge in [0.25, 0.3) is 5.78 Å². The van der Waals surface area contributed by atoms with Crippen molar-refractivity contribution in [1.82, 2.24) is 0 Å². The Labute approximate surface area is 212 Å². The van der Waals surface area contributed by atoms with Gasteiger partial charge in [-0.1, -0.05) is 92.0 Å². The Balaban J connectivity index is 1.97. The number of Topliss-reactive ketones (excluding diaryl/α,β-unsaturated/α-hetero) is 1. The third-order valence-corrected chi connectivity index (χ3v) is 6.05. The summed E-state index contributed by atoms with van der Waals surface area (Å²) >= 11 is 0. The molecule has 186 valence electrons. The van der Waals surface area contributed by atoms with Crippen molar-refractivity contribution >= 4 is 22.9 Å². The minimum absolute atomic E-state index is 0.245. The van der Waals surface area contributed by atoms with E-state index in [0.717, 1.165) is 11.1 Å². The number of ether oxygens (including phenoxy) is 1. The number of benzene rings is 3. The molecule has 3 aromatic carbocycles. The molecular formula is C31H32O5. The topological polar surface area (TPSA) is 83.8 Å². The standard InChI is InChI=1S/C31H32O5/c1-20(30(3,4)34)22-12-16-25(17-13-22)28(36-29(33)27(32)24-10-8-7-9-11-24)26-18-14-23(15-19-26)21(2)31(5,6)35/h7-19,28,34-35H,1-2H2,3-6H3. The molecule has 0 atom stereocenters. The summed E-state index contributed by atoms with van der Waals surface area (Å²) in [7, 11) is 0. The maximum absolute atomic E-state index is 12.8. The first-order valence-corrected chi connectivity index (χ1v) is 11.6. The van der Waals surface area contributed by atoms with E-state index >= 15 is 0 Å². The lowest BCUT2D eigenvalue weighted by Crippen LogP contribution is -2.22. The number of hydrogen-bond acceptors (Lipinski definition) is 5. The fourth-order valence-electron chi connectivity index (χ4n) is 3.62. The highest BCUT2D eigenvalue weighted by Crippen LogP contribution is 2.32. The molecule has 0 aliphatic carbocycles. The first-order chi connectivity index (χ1) is 16.8. The van der Waals surface area contributed by atoms with Crippen molar-refractivity contribution in [2.24, 2.45) is 0 Å². The van der Waals surface area contributed by atoms with Crippen molar-refractivity contribution in [2.75, 3.05) is 0 Å². The smallest absolute Gasteiger partial charge is 0.380 e. The average molecular weight is 485 g/mol. The number of carbonyl (C=O) groups is 2. The number of ketones is 1. The van der Waals surface area contributed by atoms with Crippen LogP contribution in [0.1, 0.15) is 66.4 Å². The van der Waals surface area contributed by atoms with Crippen LogP contribution in [0.15, 0.2) is 92.0 Å². The van der Waals surface area contributed by atoms with E-state index in [1.165, 1.54) is 0 Å². The SMILES string of the molecule is C=C(c1ccc(C(OC(=O)C(=O)c2ccccc2)c2ccc(C(=C)C(C)(C)O)cc2)cc1)C(C)(C)O. The van der Waals surface area contributed by atoms with Crippen molar-refractivity contribution in [2.45, 2.75) is 45.0 Å². The van der Waals surface area contributed by atoms with Gasteiger partial charge in [-0.15, -0.1) is 0 Å². The van der Waals surface area contributed by atoms with Crippen LogP contribution in [0.5, 0.6) is 0 Å². The summed E-state index contributed by atoms with van der Waals surface area (Å²) in [6, 6.07) is 22.5. The Morgan fingerprint density at radius 2 is 1.06 bits per heavy atom. The number of carbonyl (C=O) groups excluding carboxylic acids is 2. The lowest BCUT2D eigenvalue weighted by Gasteiger charge is -2.23. The zero-order valence-corrected chi connectivity index (χ0v) is 21.1. The molecule has 0 bridgehead atoms. The molecule has 0 aliphatic heterocycles. The second-order valence-electron chi connectivity index (χ2n) is 9.80. The van der Waals surface area contributed by atoms with Crippen LogP contribution in [-0.2, 0) is 9.53 Å². The van der Waals surface area contributed by atoms with Crippen LogP contribution in [0, 0.1) is 0 Å². The molecule has 3 aromatic rings. The van der Waals surface area contributed by atoms with E-state index in [9.17, 15) is 19.8 Å². The van der Waals surface area contributed by atoms with E-state index < -0.39 is 29.1 Å². The van der Waals surface area contributed by atoms with Gasteiger partial charge in [0.05, 0.1) is 11.2 Å². The van der Waals surface area contributed by atoms with Gasteiger partial charge in [0.15, 0.2) is 6.10 Å². The summed E-state index contributed by atoms with van der Waals surface area (Å²) in [6.45, 7) is 14.6. The van der Waals surface area contributed by atoms with Crippen molar-refractivity contribution in [3.05, 3.63) is 120 Å². The summed E-state index contributed by atoms with van der Waals surface area (Å²) in [4.78, 5) is 25.5. The maximum atomic E-state index is 12.8. The molecule has 0 saturated heterocycles. The van der Waals surface area contributed by atoms with Crippen LogP contribution in [-0.4, -0.2) is 33.2 Å². The third-order valence-electron chi connectivity index (χ3n) is 6.05. The third kappa shape index (κ3) is 6.25. The Hall–Kier alpha value is -3.80. The van der Waals surface area contributed by atoms with E-state index in [1.54, 1.807) is 107 Å². The van der Waals surface area contributed by atoms with Gasteiger partial charge in [-0.25, -0.2) is 4.79 Å². The molecule has 0 aromatic heterocycles. The molecule has 5 nitrogen and oxygen atoms in total. The molecule has 0 radical (unpaired) electrons. The molecule has 0 aliphatic rings. The van der Waals surface area contributed by atoms with Gasteiger partial charge in [-0.05, 0) is 61.1 Å². The normalized spacial score (nSPS) is 11.8. The van der Waals surface area contributed by atoms with Gasteiger partial charge < -0.3 is 14.9 Å². The van der Waals surface area contributed by atoms with Gasteiger partial charge in [0.1, 0.15) is 0 Å². The van der Waals surface area contributed by atoms with Crippen LogP contribution >= 0.6 is 0 Å². The van der Waals surface area contributed by atoms with Crippen LogP contribution < -0.4 is 0 Å². The van der Waals surface area contributed by atoms with Crippen LogP contribution in [0.3, 0.4) is 0 Å². The van der Waals surface area contributed by atoms with E-state index in [4.69, 9.17) is 4.74 Å². The zero-order chi connectivity index (χ0) is 26.7. The molecule has 0 unspecified atom stereocenters. The average Bonchev–Trinajstić information content (AvgIpc) is 2.85. The molecule has 36 heavy (non-hydrogen) atoms. The highest BCUT2D eigenvalue weighted by atomic mass is 16.5. The van der Waals surface area contributed by atoms with Crippen LogP contribution in [0.4, 0.5) is 0 Å². The van der Waals surface area contributed by atoms with E-state index in [0.29, 0.717) is 22.3 Å². The zero-order valence-electron chi connectivity index (χ0n) is 21.1. The molecule has 2 N–H and O–H groups in total. The summed E-state index contributed by atoms with van der Waals surface area (Å²) in [5, 5.41) is 20.6. The van der Waals surface area contributed by atoms with Crippen LogP contribution in [0.2, 0.25) is 0 Å². The summed E-state index contributed by atoms with van der Waals surface area (Å²) in [6.07, 6.45) is -0.862. The summed E-state index contributed by atoms with van der Waals surface area (Å²) < 4.78 is 5.74. The van der Waals surface area contributed by atoms with Gasteiger partial charge in [-0.2, -0.15) is 0 Å². The lowest BCUT2D eigenvalue weighted by molar-refractivity contribution is -0.141. The second-order valence-corrected chi connectivity index (χ2v) is 9.80. The molecule has 0 heterocycles. The molecule has 0 saturated carbocycles. The summed E-state index contributed by atoms with van der Waals surface area (Å²) in [5.74, 6) is -1.71. The minimum atomic E-state index is -1.09. The molecule has 0 amide bonds. The first-order valence-electron chi connectivity index (χ1n) is 11.6. The Kier molecular flexibility index (Phi) is 7.77. The fraction of sp³-hybridized carbons (Fsp3) is 0.226. The highest BCUT2D eigenvalue weighted by Gasteiger charge is 2.26. The summed E-state index contributed by atoms with van der Waals surface area (Å²) in [5.41, 5.74) is 1.95. The van der Waals surface area contributed by atoms with Crippen molar-refractivity contribution in [1.29, 1.82) is 0 Å². The maximum Gasteiger partial charge on any atom is 0.380 e. The monoisotopic (exact) mass is 484 g/mol. The van der Waals surface area contributed by atoms with Gasteiger partial charge in [0.2, 0.25) is 0 Å². The Morgan fingerprint density at radius 3 is 1.42 bits per heavy atom. The number of hydrogen-bond donors (Lipinski definition) is 2. The largest absolute Gasteiger partial charge is 0.447 e. The molecule has 0 fully saturated rings.